The van der Waals surface area contributed by atoms with Gasteiger partial charge in [0, 0.05) is 32.1 Å². The molecular weight excluding hydrogens is 452 g/mol. The van der Waals surface area contributed by atoms with Gasteiger partial charge in [-0.1, -0.05) is 12.8 Å². The third-order valence-electron chi connectivity index (χ3n) is 8.65. The normalized spacial score (nSPS) is 31.2. The van der Waals surface area contributed by atoms with Gasteiger partial charge in [-0.2, -0.15) is 0 Å². The zero-order valence-corrected chi connectivity index (χ0v) is 20.5. The summed E-state index contributed by atoms with van der Waals surface area (Å²) in [7, 11) is 1.54. The molecule has 0 N–H and O–H groups in total. The molecule has 0 aromatic rings. The van der Waals surface area contributed by atoms with Gasteiger partial charge >= 0.3 is 12.1 Å². The Labute approximate surface area is 205 Å². The van der Waals surface area contributed by atoms with Crippen LogP contribution in [0.4, 0.5) is 9.59 Å². The van der Waals surface area contributed by atoms with Crippen LogP contribution in [-0.4, -0.2) is 94.8 Å². The fraction of sp³-hybridized carbons (Fsp3) is 0.800. The number of nitrogens with zero attached hydrogens (tertiary/aromatic N) is 4. The Kier molecular flexibility index (Phi) is 6.83. The molecule has 0 aromatic heterocycles. The SMILES string of the molecule is CN1C(=O)C(CC2CCC(N3C(=O)CC(=O)N(CC4CCCC4)C3=O)CC2)N(CC2COC2)C1=O. The molecule has 2 aliphatic carbocycles. The fourth-order valence-corrected chi connectivity index (χ4v) is 6.48. The predicted molar refractivity (Wildman–Crippen MR) is 124 cm³/mol. The molecule has 35 heavy (non-hydrogen) atoms. The number of hydrogen-bond acceptors (Lipinski definition) is 6. The number of amides is 7. The van der Waals surface area contributed by atoms with Gasteiger partial charge in [0.15, 0.2) is 0 Å². The van der Waals surface area contributed by atoms with Crippen LogP contribution in [0.3, 0.4) is 0 Å². The molecular formula is C25H36N4O6. The van der Waals surface area contributed by atoms with Crippen molar-refractivity contribution < 1.29 is 28.7 Å². The lowest BCUT2D eigenvalue weighted by atomic mass is 9.81. The third-order valence-corrected chi connectivity index (χ3v) is 8.65. The largest absolute Gasteiger partial charge is 0.381 e. The zero-order chi connectivity index (χ0) is 24.7. The lowest BCUT2D eigenvalue weighted by Crippen LogP contribution is -2.59. The van der Waals surface area contributed by atoms with E-state index in [9.17, 15) is 24.0 Å². The average Bonchev–Trinajstić information content (AvgIpc) is 3.39. The highest BCUT2D eigenvalue weighted by Crippen LogP contribution is 2.36. The number of carbonyl (C=O) groups excluding carboxylic acids is 5. The van der Waals surface area contributed by atoms with E-state index in [0.717, 1.165) is 38.5 Å². The van der Waals surface area contributed by atoms with Crippen molar-refractivity contribution in [3.05, 3.63) is 0 Å². The number of likely N-dealkylation sites (N-methyl/N-ethyl adjacent to an activating group) is 1. The van der Waals surface area contributed by atoms with Crippen molar-refractivity contribution in [1.29, 1.82) is 0 Å². The number of barbiturate groups is 1. The van der Waals surface area contributed by atoms with E-state index >= 15 is 0 Å². The first-order chi connectivity index (χ1) is 16.8. The minimum Gasteiger partial charge on any atom is -0.381 e. The maximum Gasteiger partial charge on any atom is 0.333 e. The number of urea groups is 2. The second-order valence-electron chi connectivity index (χ2n) is 11.0. The van der Waals surface area contributed by atoms with Gasteiger partial charge in [-0.3, -0.25) is 29.1 Å². The van der Waals surface area contributed by atoms with Gasteiger partial charge < -0.3 is 9.64 Å². The Bertz CT molecular complexity index is 890. The van der Waals surface area contributed by atoms with Gasteiger partial charge in [-0.05, 0) is 56.8 Å². The lowest BCUT2D eigenvalue weighted by molar-refractivity contribution is -0.144. The van der Waals surface area contributed by atoms with Crippen molar-refractivity contribution in [2.45, 2.75) is 76.3 Å². The van der Waals surface area contributed by atoms with Gasteiger partial charge in [0.05, 0.1) is 13.2 Å². The quantitative estimate of drug-likeness (QED) is 0.402. The Hall–Kier alpha value is -2.49. The second-order valence-corrected chi connectivity index (χ2v) is 11.0. The molecule has 7 amide bonds. The van der Waals surface area contributed by atoms with Crippen LogP contribution in [0.25, 0.3) is 0 Å². The summed E-state index contributed by atoms with van der Waals surface area (Å²) in [6.45, 7) is 2.20. The first-order valence-electron chi connectivity index (χ1n) is 13.2. The Morgan fingerprint density at radius 1 is 0.771 bits per heavy atom. The summed E-state index contributed by atoms with van der Waals surface area (Å²) in [6, 6.07) is -1.35. The first kappa shape index (κ1) is 24.2. The molecule has 2 saturated carbocycles. The van der Waals surface area contributed by atoms with Crippen LogP contribution in [0, 0.1) is 17.8 Å². The van der Waals surface area contributed by atoms with Gasteiger partial charge in [-0.15, -0.1) is 0 Å². The van der Waals surface area contributed by atoms with E-state index in [1.165, 1.54) is 21.7 Å². The highest BCUT2D eigenvalue weighted by atomic mass is 16.5. The molecule has 0 spiro atoms. The average molecular weight is 489 g/mol. The number of ether oxygens (including phenoxy) is 1. The van der Waals surface area contributed by atoms with Crippen molar-refractivity contribution in [1.82, 2.24) is 19.6 Å². The number of hydrogen-bond donors (Lipinski definition) is 0. The summed E-state index contributed by atoms with van der Waals surface area (Å²) in [5.41, 5.74) is 0. The summed E-state index contributed by atoms with van der Waals surface area (Å²) >= 11 is 0. The minimum atomic E-state index is -0.451. The zero-order valence-electron chi connectivity index (χ0n) is 20.5. The van der Waals surface area contributed by atoms with Crippen molar-refractivity contribution in [2.75, 3.05) is 33.4 Å². The van der Waals surface area contributed by atoms with Gasteiger partial charge in [-0.25, -0.2) is 9.59 Å². The Morgan fingerprint density at radius 3 is 2.09 bits per heavy atom. The highest BCUT2D eigenvalue weighted by molar-refractivity contribution is 6.14. The van der Waals surface area contributed by atoms with Crippen molar-refractivity contribution in [3.63, 3.8) is 0 Å². The van der Waals surface area contributed by atoms with Crippen LogP contribution in [0.5, 0.6) is 0 Å². The lowest BCUT2D eigenvalue weighted by Gasteiger charge is -2.41. The molecule has 1 unspecified atom stereocenters. The van der Waals surface area contributed by atoms with Crippen LogP contribution >= 0.6 is 0 Å². The third kappa shape index (κ3) is 4.69. The van der Waals surface area contributed by atoms with Gasteiger partial charge in [0.1, 0.15) is 12.5 Å². The highest BCUT2D eigenvalue weighted by Gasteiger charge is 2.47. The molecule has 0 aromatic carbocycles. The second kappa shape index (κ2) is 9.87. The van der Waals surface area contributed by atoms with Crippen molar-refractivity contribution >= 4 is 29.8 Å². The predicted octanol–water partition coefficient (Wildman–Crippen LogP) is 2.22. The number of carbonyl (C=O) groups is 5. The number of rotatable bonds is 7. The Morgan fingerprint density at radius 2 is 1.46 bits per heavy atom. The molecule has 192 valence electrons. The fourth-order valence-electron chi connectivity index (χ4n) is 6.48. The molecule has 5 rings (SSSR count). The van der Waals surface area contributed by atoms with Crippen LogP contribution < -0.4 is 0 Å². The van der Waals surface area contributed by atoms with Crippen LogP contribution in [0.1, 0.15) is 64.2 Å². The monoisotopic (exact) mass is 488 g/mol. The number of imide groups is 3. The molecule has 0 bridgehead atoms. The van der Waals surface area contributed by atoms with Crippen molar-refractivity contribution in [3.8, 4) is 0 Å². The first-order valence-corrected chi connectivity index (χ1v) is 13.2. The minimum absolute atomic E-state index is 0.153. The van der Waals surface area contributed by atoms with E-state index in [2.05, 4.69) is 0 Å². The van der Waals surface area contributed by atoms with E-state index in [1.807, 2.05) is 0 Å². The molecule has 10 heteroatoms. The molecule has 3 aliphatic heterocycles. The standard InChI is InChI=1S/C25H36N4O6/c1-26-23(32)20(27(24(26)33)13-18-14-35-15-18)10-16-6-8-19(9-7-16)29-22(31)11-21(30)28(25(29)34)12-17-4-2-3-5-17/h16-20H,2-15H2,1H3. The topological polar surface area (TPSA) is 108 Å². The smallest absolute Gasteiger partial charge is 0.333 e. The van der Waals surface area contributed by atoms with Crippen molar-refractivity contribution in [2.24, 2.45) is 17.8 Å². The summed E-state index contributed by atoms with van der Waals surface area (Å²) < 4.78 is 5.24. The molecule has 3 heterocycles. The molecule has 10 nitrogen and oxygen atoms in total. The Balaban J connectivity index is 1.18. The van der Waals surface area contributed by atoms with Gasteiger partial charge in [0.25, 0.3) is 5.91 Å². The maximum atomic E-state index is 13.2. The van der Waals surface area contributed by atoms with E-state index in [-0.39, 0.29) is 42.1 Å². The van der Waals surface area contributed by atoms with E-state index in [0.29, 0.717) is 51.5 Å². The van der Waals surface area contributed by atoms with Crippen LogP contribution in [0.2, 0.25) is 0 Å². The maximum absolute atomic E-state index is 13.2. The van der Waals surface area contributed by atoms with E-state index in [4.69, 9.17) is 4.74 Å². The van der Waals surface area contributed by atoms with E-state index < -0.39 is 18.0 Å². The molecule has 5 fully saturated rings. The molecule has 0 radical (unpaired) electrons. The summed E-state index contributed by atoms with van der Waals surface area (Å²) in [5.74, 6) is -0.0540. The van der Waals surface area contributed by atoms with Gasteiger partial charge in [0.2, 0.25) is 11.8 Å². The molecule has 5 aliphatic rings. The molecule has 1 atom stereocenters. The van der Waals surface area contributed by atoms with E-state index in [1.54, 1.807) is 4.90 Å². The summed E-state index contributed by atoms with van der Waals surface area (Å²) in [5, 5.41) is 0. The summed E-state index contributed by atoms with van der Waals surface area (Å²) in [4.78, 5) is 69.4. The molecule has 3 saturated heterocycles. The summed E-state index contributed by atoms with van der Waals surface area (Å²) in [6.07, 6.45) is 7.56. The van der Waals surface area contributed by atoms with Crippen LogP contribution in [0.15, 0.2) is 0 Å². The van der Waals surface area contributed by atoms with Crippen LogP contribution in [-0.2, 0) is 19.1 Å².